The summed E-state index contributed by atoms with van der Waals surface area (Å²) in [5.41, 5.74) is 0. The molecule has 18 heavy (non-hydrogen) atoms. The van der Waals surface area contributed by atoms with Gasteiger partial charge in [0.1, 0.15) is 5.76 Å². The lowest BCUT2D eigenvalue weighted by Crippen LogP contribution is -2.23. The quantitative estimate of drug-likeness (QED) is 0.544. The Bertz CT molecular complexity index is 395. The van der Waals surface area contributed by atoms with Gasteiger partial charge in [0.15, 0.2) is 0 Å². The third-order valence-electron chi connectivity index (χ3n) is 2.30. The molecule has 1 rings (SSSR count). The van der Waals surface area contributed by atoms with E-state index in [1.165, 1.54) is 12.3 Å². The van der Waals surface area contributed by atoms with E-state index in [2.05, 4.69) is 5.32 Å². The summed E-state index contributed by atoms with van der Waals surface area (Å²) in [6.45, 7) is 0.536. The van der Waals surface area contributed by atoms with Crippen molar-refractivity contribution in [2.75, 3.05) is 6.54 Å². The van der Waals surface area contributed by atoms with Crippen molar-refractivity contribution >= 4 is 18.0 Å². The number of furan rings is 1. The lowest BCUT2D eigenvalue weighted by Gasteiger charge is -2.03. The zero-order chi connectivity index (χ0) is 13.2. The third kappa shape index (κ3) is 6.52. The van der Waals surface area contributed by atoms with Crippen molar-refractivity contribution < 1.29 is 19.1 Å². The molecule has 5 nitrogen and oxygen atoms in total. The third-order valence-corrected chi connectivity index (χ3v) is 2.30. The van der Waals surface area contributed by atoms with Crippen LogP contribution in [0.25, 0.3) is 6.08 Å². The molecule has 0 atom stereocenters. The normalized spacial score (nSPS) is 10.7. The maximum atomic E-state index is 11.3. The number of carbonyl (C=O) groups excluding carboxylic acids is 2. The summed E-state index contributed by atoms with van der Waals surface area (Å²) in [6, 6.07) is 3.50. The van der Waals surface area contributed by atoms with Gasteiger partial charge in [0, 0.05) is 18.6 Å². The van der Waals surface area contributed by atoms with Gasteiger partial charge in [-0.1, -0.05) is 6.42 Å². The van der Waals surface area contributed by atoms with Gasteiger partial charge in [-0.25, -0.2) is 0 Å². The average Bonchev–Trinajstić information content (AvgIpc) is 2.83. The number of carbonyl (C=O) groups is 2. The first-order chi connectivity index (χ1) is 8.68. The molecular weight excluding hydrogens is 234 g/mol. The van der Waals surface area contributed by atoms with Crippen LogP contribution in [0, 0.1) is 0 Å². The Morgan fingerprint density at radius 1 is 1.33 bits per heavy atom. The zero-order valence-electron chi connectivity index (χ0n) is 10.1. The standard InChI is InChI=1S/C13H17NO4/c15-12(8-7-11-5-4-10-18-11)14-9-3-1-2-6-13(16)17/h4-5,7-8,10H,1-3,6,9H2,(H,14,15)(H,16,17)/p-1/b8-7+. The molecule has 1 aromatic heterocycles. The minimum absolute atomic E-state index is 0.0757. The molecule has 5 heteroatoms. The van der Waals surface area contributed by atoms with Crippen molar-refractivity contribution in [1.29, 1.82) is 0 Å². The van der Waals surface area contributed by atoms with Crippen LogP contribution in [0.2, 0.25) is 0 Å². The van der Waals surface area contributed by atoms with E-state index in [0.29, 0.717) is 18.7 Å². The Labute approximate surface area is 105 Å². The summed E-state index contributed by atoms with van der Waals surface area (Å²) in [5.74, 6) is -0.592. The molecular formula is C13H16NO4-. The summed E-state index contributed by atoms with van der Waals surface area (Å²) in [7, 11) is 0. The van der Waals surface area contributed by atoms with Gasteiger partial charge in [-0.15, -0.1) is 0 Å². The predicted molar refractivity (Wildman–Crippen MR) is 64.2 cm³/mol. The van der Waals surface area contributed by atoms with Crippen molar-refractivity contribution in [3.63, 3.8) is 0 Å². The number of unbranched alkanes of at least 4 members (excludes halogenated alkanes) is 2. The molecule has 98 valence electrons. The molecule has 0 saturated carbocycles. The number of aliphatic carboxylic acids is 1. The van der Waals surface area contributed by atoms with Gasteiger partial charge in [-0.2, -0.15) is 0 Å². The minimum atomic E-state index is -1.03. The molecule has 1 heterocycles. The largest absolute Gasteiger partial charge is 0.550 e. The van der Waals surface area contributed by atoms with Gasteiger partial charge in [0.05, 0.1) is 6.26 Å². The molecule has 1 aromatic rings. The van der Waals surface area contributed by atoms with E-state index in [9.17, 15) is 14.7 Å². The van der Waals surface area contributed by atoms with Gasteiger partial charge < -0.3 is 19.6 Å². The van der Waals surface area contributed by atoms with Crippen LogP contribution in [0.4, 0.5) is 0 Å². The fraction of sp³-hybridized carbons (Fsp3) is 0.385. The second kappa shape index (κ2) is 8.11. The molecule has 0 aliphatic rings. The Balaban J connectivity index is 2.05. The number of carboxylic acids is 1. The number of amides is 1. The second-order valence-electron chi connectivity index (χ2n) is 3.82. The smallest absolute Gasteiger partial charge is 0.244 e. The Kier molecular flexibility index (Phi) is 6.32. The van der Waals surface area contributed by atoms with Crippen molar-refractivity contribution in [3.05, 3.63) is 30.2 Å². The van der Waals surface area contributed by atoms with E-state index in [1.54, 1.807) is 18.2 Å². The summed E-state index contributed by atoms with van der Waals surface area (Å²) in [4.78, 5) is 21.5. The molecule has 0 radical (unpaired) electrons. The molecule has 0 aliphatic carbocycles. The van der Waals surface area contributed by atoms with Crippen molar-refractivity contribution in [2.45, 2.75) is 25.7 Å². The Morgan fingerprint density at radius 3 is 2.83 bits per heavy atom. The Morgan fingerprint density at radius 2 is 2.17 bits per heavy atom. The van der Waals surface area contributed by atoms with E-state index in [4.69, 9.17) is 4.42 Å². The van der Waals surface area contributed by atoms with Crippen LogP contribution in [-0.4, -0.2) is 18.4 Å². The Hall–Kier alpha value is -2.04. The SMILES string of the molecule is O=C([O-])CCCCCNC(=O)/C=C/c1ccco1. The van der Waals surface area contributed by atoms with E-state index in [0.717, 1.165) is 12.8 Å². The highest BCUT2D eigenvalue weighted by Crippen LogP contribution is 2.02. The fourth-order valence-electron chi connectivity index (χ4n) is 1.39. The molecule has 0 aromatic carbocycles. The summed E-state index contributed by atoms with van der Waals surface area (Å²) < 4.78 is 5.04. The van der Waals surface area contributed by atoms with E-state index in [1.807, 2.05) is 0 Å². The van der Waals surface area contributed by atoms with Crippen LogP contribution >= 0.6 is 0 Å². The minimum Gasteiger partial charge on any atom is -0.550 e. The van der Waals surface area contributed by atoms with Gasteiger partial charge in [-0.05, 0) is 37.5 Å². The maximum absolute atomic E-state index is 11.3. The van der Waals surface area contributed by atoms with Gasteiger partial charge in [0.25, 0.3) is 0 Å². The van der Waals surface area contributed by atoms with Gasteiger partial charge in [-0.3, -0.25) is 4.79 Å². The fourth-order valence-corrected chi connectivity index (χ4v) is 1.39. The van der Waals surface area contributed by atoms with Crippen molar-refractivity contribution in [2.24, 2.45) is 0 Å². The first-order valence-corrected chi connectivity index (χ1v) is 5.88. The van der Waals surface area contributed by atoms with Crippen LogP contribution in [-0.2, 0) is 9.59 Å². The van der Waals surface area contributed by atoms with E-state index < -0.39 is 5.97 Å². The number of nitrogens with one attached hydrogen (secondary N) is 1. The first-order valence-electron chi connectivity index (χ1n) is 5.88. The van der Waals surface area contributed by atoms with E-state index >= 15 is 0 Å². The number of carboxylic acid groups (broad SMARTS) is 1. The number of rotatable bonds is 8. The van der Waals surface area contributed by atoms with E-state index in [-0.39, 0.29) is 12.3 Å². The maximum Gasteiger partial charge on any atom is 0.244 e. The lowest BCUT2D eigenvalue weighted by atomic mass is 10.2. The zero-order valence-corrected chi connectivity index (χ0v) is 10.1. The van der Waals surface area contributed by atoms with Crippen LogP contribution in [0.5, 0.6) is 0 Å². The van der Waals surface area contributed by atoms with Crippen LogP contribution in [0.15, 0.2) is 28.9 Å². The van der Waals surface area contributed by atoms with Crippen molar-refractivity contribution in [3.8, 4) is 0 Å². The average molecular weight is 250 g/mol. The number of hydrogen-bond acceptors (Lipinski definition) is 4. The molecule has 1 amide bonds. The molecule has 0 aliphatic heterocycles. The molecule has 1 N–H and O–H groups in total. The summed E-state index contributed by atoms with van der Waals surface area (Å²) >= 11 is 0. The first kappa shape index (κ1) is 14.0. The van der Waals surface area contributed by atoms with Crippen LogP contribution in [0.3, 0.4) is 0 Å². The van der Waals surface area contributed by atoms with Crippen LogP contribution in [0.1, 0.15) is 31.4 Å². The predicted octanol–water partition coefficient (Wildman–Crippen LogP) is 0.719. The molecule has 0 fully saturated rings. The van der Waals surface area contributed by atoms with Crippen LogP contribution < -0.4 is 10.4 Å². The lowest BCUT2D eigenvalue weighted by molar-refractivity contribution is -0.305. The van der Waals surface area contributed by atoms with Crippen molar-refractivity contribution in [1.82, 2.24) is 5.32 Å². The van der Waals surface area contributed by atoms with Gasteiger partial charge in [0.2, 0.25) is 5.91 Å². The molecule has 0 spiro atoms. The highest BCUT2D eigenvalue weighted by Gasteiger charge is 1.96. The topological polar surface area (TPSA) is 82.4 Å². The molecule has 0 unspecified atom stereocenters. The highest BCUT2D eigenvalue weighted by atomic mass is 16.4. The summed E-state index contributed by atoms with van der Waals surface area (Å²) in [6.07, 6.45) is 6.71. The second-order valence-corrected chi connectivity index (χ2v) is 3.82. The monoisotopic (exact) mass is 250 g/mol. The molecule has 0 bridgehead atoms. The highest BCUT2D eigenvalue weighted by molar-refractivity contribution is 5.91. The van der Waals surface area contributed by atoms with Gasteiger partial charge >= 0.3 is 0 Å². The number of hydrogen-bond donors (Lipinski definition) is 1. The summed E-state index contributed by atoms with van der Waals surface area (Å²) in [5, 5.41) is 12.8. The molecule has 0 saturated heterocycles.